The van der Waals surface area contributed by atoms with Gasteiger partial charge in [0.15, 0.2) is 0 Å². The Morgan fingerprint density at radius 3 is 2.48 bits per heavy atom. The summed E-state index contributed by atoms with van der Waals surface area (Å²) in [6.07, 6.45) is -0.792. The highest BCUT2D eigenvalue weighted by molar-refractivity contribution is 5.55. The molecule has 5 nitrogen and oxygen atoms in total. The van der Waals surface area contributed by atoms with Crippen molar-refractivity contribution in [3.63, 3.8) is 0 Å². The summed E-state index contributed by atoms with van der Waals surface area (Å²) in [7, 11) is 1.96. The van der Waals surface area contributed by atoms with Gasteiger partial charge in [0, 0.05) is 31.0 Å². The van der Waals surface area contributed by atoms with Gasteiger partial charge < -0.3 is 4.42 Å². The Bertz CT molecular complexity index is 1150. The van der Waals surface area contributed by atoms with Crippen LogP contribution in [0.1, 0.15) is 22.6 Å². The first-order chi connectivity index (χ1) is 14.8. The van der Waals surface area contributed by atoms with Crippen molar-refractivity contribution in [1.82, 2.24) is 19.7 Å². The Morgan fingerprint density at radius 1 is 1.03 bits per heavy atom. The summed E-state index contributed by atoms with van der Waals surface area (Å²) < 4.78 is 46.4. The predicted molar refractivity (Wildman–Crippen MR) is 110 cm³/mol. The summed E-state index contributed by atoms with van der Waals surface area (Å²) in [5, 5.41) is 4.21. The highest BCUT2D eigenvalue weighted by Gasteiger charge is 2.30. The summed E-state index contributed by atoms with van der Waals surface area (Å²) in [5.41, 5.74) is 2.38. The van der Waals surface area contributed by atoms with E-state index in [2.05, 4.69) is 15.0 Å². The number of hydrogen-bond acceptors (Lipinski definition) is 4. The van der Waals surface area contributed by atoms with Crippen molar-refractivity contribution >= 4 is 0 Å². The van der Waals surface area contributed by atoms with Crippen LogP contribution >= 0.6 is 0 Å². The molecule has 0 atom stereocenters. The summed E-state index contributed by atoms with van der Waals surface area (Å²) in [4.78, 5) is 6.52. The zero-order valence-electron chi connectivity index (χ0n) is 17.1. The minimum absolute atomic E-state index is 0.190. The predicted octanol–water partition coefficient (Wildman–Crippen LogP) is 5.49. The van der Waals surface area contributed by atoms with Crippen LogP contribution in [-0.2, 0) is 19.3 Å². The van der Waals surface area contributed by atoms with E-state index in [9.17, 15) is 13.2 Å². The molecule has 0 saturated carbocycles. The van der Waals surface area contributed by atoms with Gasteiger partial charge in [-0.05, 0) is 55.9 Å². The largest absolute Gasteiger partial charge is 0.441 e. The summed E-state index contributed by atoms with van der Waals surface area (Å²) in [5.74, 6) is 0.781. The Kier molecular flexibility index (Phi) is 5.65. The number of aromatic nitrogens is 3. The van der Waals surface area contributed by atoms with E-state index in [0.29, 0.717) is 30.1 Å². The van der Waals surface area contributed by atoms with Crippen molar-refractivity contribution in [2.24, 2.45) is 0 Å². The molecule has 0 bridgehead atoms. The summed E-state index contributed by atoms with van der Waals surface area (Å²) >= 11 is 0. The van der Waals surface area contributed by atoms with Crippen molar-refractivity contribution in [2.45, 2.75) is 26.2 Å². The van der Waals surface area contributed by atoms with Crippen LogP contribution in [0.15, 0.2) is 71.4 Å². The molecule has 0 aliphatic rings. The first-order valence-corrected chi connectivity index (χ1v) is 9.71. The molecule has 0 N–H and O–H groups in total. The van der Waals surface area contributed by atoms with Gasteiger partial charge in [-0.25, -0.2) is 9.67 Å². The van der Waals surface area contributed by atoms with Gasteiger partial charge in [-0.1, -0.05) is 18.2 Å². The number of aryl methyl sites for hydroxylation is 1. The third-order valence-electron chi connectivity index (χ3n) is 4.91. The van der Waals surface area contributed by atoms with Crippen LogP contribution in [-0.4, -0.2) is 26.7 Å². The topological polar surface area (TPSA) is 47.1 Å². The lowest BCUT2D eigenvalue weighted by Crippen LogP contribution is -2.18. The standard InChI is InChI=1S/C23H21F3N4O/c1-16-21(28-22(31-16)18-5-3-6-19(13-18)23(24,25)26)15-29(2)14-17-7-9-20(10-8-17)30-12-4-11-27-30/h3-13H,14-15H2,1-2H3. The van der Waals surface area contributed by atoms with E-state index in [1.54, 1.807) is 23.9 Å². The fourth-order valence-corrected chi connectivity index (χ4v) is 3.33. The molecule has 0 aliphatic heterocycles. The molecule has 31 heavy (non-hydrogen) atoms. The van der Waals surface area contributed by atoms with Crippen LogP contribution in [0.25, 0.3) is 17.1 Å². The lowest BCUT2D eigenvalue weighted by atomic mass is 10.1. The quantitative estimate of drug-likeness (QED) is 0.409. The highest BCUT2D eigenvalue weighted by atomic mass is 19.4. The molecule has 0 aliphatic carbocycles. The molecule has 2 aromatic heterocycles. The molecule has 0 radical (unpaired) electrons. The molecule has 0 unspecified atom stereocenters. The monoisotopic (exact) mass is 426 g/mol. The fourth-order valence-electron chi connectivity index (χ4n) is 3.33. The molecule has 2 aromatic carbocycles. The zero-order valence-corrected chi connectivity index (χ0v) is 17.1. The summed E-state index contributed by atoms with van der Waals surface area (Å²) in [6.45, 7) is 2.96. The Balaban J connectivity index is 1.45. The Hall–Kier alpha value is -3.39. The van der Waals surface area contributed by atoms with Gasteiger partial charge >= 0.3 is 6.18 Å². The van der Waals surface area contributed by atoms with E-state index >= 15 is 0 Å². The van der Waals surface area contributed by atoms with Gasteiger partial charge in [-0.15, -0.1) is 0 Å². The van der Waals surface area contributed by atoms with Gasteiger partial charge in [0.25, 0.3) is 0 Å². The normalized spacial score (nSPS) is 11.9. The second-order valence-corrected chi connectivity index (χ2v) is 7.39. The maximum absolute atomic E-state index is 13.0. The average Bonchev–Trinajstić information content (AvgIpc) is 3.39. The SMILES string of the molecule is Cc1oc(-c2cccc(C(F)(F)F)c2)nc1CN(C)Cc1ccc(-n2cccn2)cc1. The summed E-state index contributed by atoms with van der Waals surface area (Å²) in [6, 6.07) is 15.0. The fraction of sp³-hybridized carbons (Fsp3) is 0.217. The van der Waals surface area contributed by atoms with E-state index in [1.165, 1.54) is 6.07 Å². The molecular weight excluding hydrogens is 405 g/mol. The van der Waals surface area contributed by atoms with E-state index < -0.39 is 11.7 Å². The van der Waals surface area contributed by atoms with Gasteiger partial charge in [-0.3, -0.25) is 4.90 Å². The maximum Gasteiger partial charge on any atom is 0.416 e. The van der Waals surface area contributed by atoms with Crippen LogP contribution < -0.4 is 0 Å². The highest BCUT2D eigenvalue weighted by Crippen LogP contribution is 2.32. The molecule has 0 fully saturated rings. The van der Waals surface area contributed by atoms with Crippen molar-refractivity contribution in [1.29, 1.82) is 0 Å². The third-order valence-corrected chi connectivity index (χ3v) is 4.91. The van der Waals surface area contributed by atoms with Crippen LogP contribution in [0, 0.1) is 6.92 Å². The van der Waals surface area contributed by atoms with Gasteiger partial charge in [0.1, 0.15) is 5.76 Å². The van der Waals surface area contributed by atoms with E-state index in [1.807, 2.05) is 43.6 Å². The molecule has 8 heteroatoms. The van der Waals surface area contributed by atoms with Crippen molar-refractivity contribution in [2.75, 3.05) is 7.05 Å². The number of alkyl halides is 3. The van der Waals surface area contributed by atoms with Gasteiger partial charge in [0.2, 0.25) is 5.89 Å². The minimum Gasteiger partial charge on any atom is -0.441 e. The Labute approximate surface area is 177 Å². The number of halogens is 3. The molecule has 0 saturated heterocycles. The van der Waals surface area contributed by atoms with Crippen molar-refractivity contribution in [3.05, 3.63) is 89.6 Å². The minimum atomic E-state index is -4.41. The molecule has 2 heterocycles. The van der Waals surface area contributed by atoms with Crippen LogP contribution in [0.5, 0.6) is 0 Å². The molecule has 0 amide bonds. The number of nitrogens with zero attached hydrogens (tertiary/aromatic N) is 4. The lowest BCUT2D eigenvalue weighted by molar-refractivity contribution is -0.137. The van der Waals surface area contributed by atoms with Crippen LogP contribution in [0.2, 0.25) is 0 Å². The van der Waals surface area contributed by atoms with E-state index in [0.717, 1.165) is 23.4 Å². The van der Waals surface area contributed by atoms with Crippen LogP contribution in [0.4, 0.5) is 13.2 Å². The van der Waals surface area contributed by atoms with Crippen molar-refractivity contribution in [3.8, 4) is 17.1 Å². The van der Waals surface area contributed by atoms with Crippen molar-refractivity contribution < 1.29 is 17.6 Å². The number of hydrogen-bond donors (Lipinski definition) is 0. The Morgan fingerprint density at radius 2 is 1.81 bits per heavy atom. The average molecular weight is 426 g/mol. The smallest absolute Gasteiger partial charge is 0.416 e. The molecule has 160 valence electrons. The van der Waals surface area contributed by atoms with E-state index in [-0.39, 0.29) is 5.89 Å². The lowest BCUT2D eigenvalue weighted by Gasteiger charge is -2.15. The maximum atomic E-state index is 13.0. The van der Waals surface area contributed by atoms with Crippen LogP contribution in [0.3, 0.4) is 0 Å². The number of oxazole rings is 1. The van der Waals surface area contributed by atoms with Gasteiger partial charge in [0.05, 0.1) is 16.9 Å². The number of rotatable bonds is 6. The molecular formula is C23H21F3N4O. The zero-order chi connectivity index (χ0) is 22.0. The van der Waals surface area contributed by atoms with E-state index in [4.69, 9.17) is 4.42 Å². The third kappa shape index (κ3) is 4.86. The second-order valence-electron chi connectivity index (χ2n) is 7.39. The number of benzene rings is 2. The second kappa shape index (κ2) is 8.39. The van der Waals surface area contributed by atoms with Gasteiger partial charge in [-0.2, -0.15) is 18.3 Å². The molecule has 4 aromatic rings. The first-order valence-electron chi connectivity index (χ1n) is 9.71. The molecule has 0 spiro atoms. The first kappa shape index (κ1) is 20.9. The molecule has 4 rings (SSSR count).